The number of anilines is 1. The van der Waals surface area contributed by atoms with E-state index in [2.05, 4.69) is 25.8 Å². The number of hydrogen-bond acceptors (Lipinski definition) is 4. The van der Waals surface area contributed by atoms with Gasteiger partial charge in [0.2, 0.25) is 0 Å². The Kier molecular flexibility index (Phi) is 4.28. The molecule has 0 aromatic carbocycles. The van der Waals surface area contributed by atoms with E-state index < -0.39 is 17.4 Å². The fraction of sp³-hybridized carbons (Fsp3) is 0.389. The van der Waals surface area contributed by atoms with Gasteiger partial charge in [0.15, 0.2) is 5.82 Å². The van der Waals surface area contributed by atoms with Gasteiger partial charge in [0.05, 0.1) is 5.69 Å². The summed E-state index contributed by atoms with van der Waals surface area (Å²) in [6.07, 6.45) is 6.08. The number of H-pyrrole nitrogens is 1. The van der Waals surface area contributed by atoms with E-state index in [1.807, 2.05) is 6.08 Å². The monoisotopic (exact) mass is 359 g/mol. The predicted octanol–water partition coefficient (Wildman–Crippen LogP) is 2.79. The third kappa shape index (κ3) is 3.37. The van der Waals surface area contributed by atoms with Gasteiger partial charge in [-0.3, -0.25) is 14.9 Å². The lowest BCUT2D eigenvalue weighted by atomic mass is 10.0. The Labute approximate surface area is 149 Å². The Morgan fingerprint density at radius 1 is 1.31 bits per heavy atom. The Hall–Kier alpha value is -2.61. The van der Waals surface area contributed by atoms with Crippen molar-refractivity contribution in [3.63, 3.8) is 0 Å². The van der Waals surface area contributed by atoms with E-state index in [4.69, 9.17) is 0 Å². The maximum Gasteiger partial charge on any atom is 0.351 e. The zero-order valence-corrected chi connectivity index (χ0v) is 14.1. The summed E-state index contributed by atoms with van der Waals surface area (Å²) in [5, 5.41) is 12.0. The number of halogens is 2. The summed E-state index contributed by atoms with van der Waals surface area (Å²) in [7, 11) is 0. The number of nitrogens with one attached hydrogen (secondary N) is 3. The highest BCUT2D eigenvalue weighted by Gasteiger charge is 2.42. The predicted molar refractivity (Wildman–Crippen MR) is 92.8 cm³/mol. The van der Waals surface area contributed by atoms with Crippen molar-refractivity contribution >= 4 is 17.3 Å². The van der Waals surface area contributed by atoms with E-state index in [1.54, 1.807) is 6.07 Å². The lowest BCUT2D eigenvalue weighted by Gasteiger charge is -2.17. The van der Waals surface area contributed by atoms with E-state index in [0.29, 0.717) is 18.2 Å². The third-order valence-corrected chi connectivity index (χ3v) is 4.62. The van der Waals surface area contributed by atoms with Crippen molar-refractivity contribution in [2.45, 2.75) is 31.1 Å². The van der Waals surface area contributed by atoms with Gasteiger partial charge in [0.1, 0.15) is 0 Å². The number of amides is 1. The first-order valence-electron chi connectivity index (χ1n) is 8.65. The Bertz CT molecular complexity index is 840. The van der Waals surface area contributed by atoms with Gasteiger partial charge in [0.25, 0.3) is 0 Å². The summed E-state index contributed by atoms with van der Waals surface area (Å²) in [6.45, 7) is 1.56. The molecule has 4 rings (SSSR count). The van der Waals surface area contributed by atoms with Crippen molar-refractivity contribution in [3.05, 3.63) is 47.4 Å². The van der Waals surface area contributed by atoms with Crippen LogP contribution in [0.3, 0.4) is 0 Å². The summed E-state index contributed by atoms with van der Waals surface area (Å²) in [6, 6.07) is 4.38. The van der Waals surface area contributed by atoms with Gasteiger partial charge < -0.3 is 10.6 Å². The molecule has 1 aliphatic carbocycles. The van der Waals surface area contributed by atoms with Gasteiger partial charge in [-0.1, -0.05) is 6.08 Å². The second kappa shape index (κ2) is 6.60. The quantitative estimate of drug-likeness (QED) is 0.767. The lowest BCUT2D eigenvalue weighted by Crippen LogP contribution is -2.32. The normalized spacial score (nSPS) is 17.7. The van der Waals surface area contributed by atoms with Gasteiger partial charge in [0, 0.05) is 36.0 Å². The van der Waals surface area contributed by atoms with Crippen LogP contribution in [0.1, 0.15) is 42.1 Å². The van der Waals surface area contributed by atoms with E-state index in [-0.39, 0.29) is 5.82 Å². The molecule has 136 valence electrons. The summed E-state index contributed by atoms with van der Waals surface area (Å²) in [4.78, 5) is 16.2. The van der Waals surface area contributed by atoms with Crippen LogP contribution in [0.5, 0.6) is 0 Å². The maximum atomic E-state index is 14.5. The molecular weight excluding hydrogens is 340 g/mol. The first-order chi connectivity index (χ1) is 12.5. The second-order valence-electron chi connectivity index (χ2n) is 6.64. The molecule has 1 amide bonds. The molecule has 1 aliphatic heterocycles. The van der Waals surface area contributed by atoms with E-state index in [9.17, 15) is 13.6 Å². The molecule has 2 aromatic heterocycles. The minimum Gasteiger partial charge on any atom is -0.312 e. The Morgan fingerprint density at radius 3 is 2.81 bits per heavy atom. The first kappa shape index (κ1) is 16.8. The minimum atomic E-state index is -3.69. The standard InChI is InChI=1S/C18H19F2N5O/c19-18(20,17(26)23-16-8-15(24-25-16)11-3-4-11)13-5-6-14(22-10-13)12-2-1-7-21-9-12/h2,5-6,8,10-11,21H,1,3-4,7,9H2,(H2,23,24,25,26). The van der Waals surface area contributed by atoms with Crippen molar-refractivity contribution in [2.24, 2.45) is 0 Å². The SMILES string of the molecule is O=C(Nc1cc(C2CC2)[nH]n1)C(F)(F)c1ccc(C2=CCCNC2)nc1. The number of pyridine rings is 1. The second-order valence-corrected chi connectivity index (χ2v) is 6.64. The molecule has 0 radical (unpaired) electrons. The van der Waals surface area contributed by atoms with Crippen molar-refractivity contribution in [3.8, 4) is 0 Å². The zero-order chi connectivity index (χ0) is 18.1. The van der Waals surface area contributed by atoms with E-state index in [0.717, 1.165) is 43.3 Å². The molecule has 3 heterocycles. The van der Waals surface area contributed by atoms with Crippen LogP contribution in [-0.2, 0) is 10.7 Å². The first-order valence-corrected chi connectivity index (χ1v) is 8.65. The smallest absolute Gasteiger partial charge is 0.312 e. The Morgan fingerprint density at radius 2 is 2.15 bits per heavy atom. The molecule has 26 heavy (non-hydrogen) atoms. The van der Waals surface area contributed by atoms with Gasteiger partial charge in [-0.25, -0.2) is 0 Å². The molecule has 0 bridgehead atoms. The molecule has 0 saturated heterocycles. The van der Waals surface area contributed by atoms with Gasteiger partial charge in [-0.2, -0.15) is 13.9 Å². The summed E-state index contributed by atoms with van der Waals surface area (Å²) in [5.74, 6) is -4.60. The maximum absolute atomic E-state index is 14.5. The molecule has 8 heteroatoms. The fourth-order valence-corrected chi connectivity index (χ4v) is 2.94. The largest absolute Gasteiger partial charge is 0.351 e. The number of alkyl halides is 2. The number of carbonyl (C=O) groups excluding carboxylic acids is 1. The molecule has 6 nitrogen and oxygen atoms in total. The highest BCUT2D eigenvalue weighted by molar-refractivity contribution is 5.96. The molecule has 0 atom stereocenters. The lowest BCUT2D eigenvalue weighted by molar-refractivity contribution is -0.141. The minimum absolute atomic E-state index is 0.111. The van der Waals surface area contributed by atoms with Crippen LogP contribution in [0.2, 0.25) is 0 Å². The summed E-state index contributed by atoms with van der Waals surface area (Å²) < 4.78 is 28.9. The van der Waals surface area contributed by atoms with Crippen molar-refractivity contribution in [2.75, 3.05) is 18.4 Å². The average Bonchev–Trinajstić information content (AvgIpc) is 3.42. The number of rotatable bonds is 5. The van der Waals surface area contributed by atoms with E-state index in [1.165, 1.54) is 12.1 Å². The van der Waals surface area contributed by atoms with Crippen LogP contribution in [0.15, 0.2) is 30.5 Å². The number of carbonyl (C=O) groups is 1. The molecule has 2 aromatic rings. The van der Waals surface area contributed by atoms with Crippen LogP contribution in [0.25, 0.3) is 5.57 Å². The molecule has 0 spiro atoms. The molecule has 1 saturated carbocycles. The van der Waals surface area contributed by atoms with E-state index >= 15 is 0 Å². The van der Waals surface area contributed by atoms with Gasteiger partial charge in [-0.05, 0) is 43.5 Å². The number of aromatic nitrogens is 3. The van der Waals surface area contributed by atoms with Crippen molar-refractivity contribution in [1.82, 2.24) is 20.5 Å². The van der Waals surface area contributed by atoms with Gasteiger partial charge in [-0.15, -0.1) is 0 Å². The molecular formula is C18H19F2N5O. The molecule has 0 unspecified atom stereocenters. The Balaban J connectivity index is 1.47. The fourth-order valence-electron chi connectivity index (χ4n) is 2.94. The van der Waals surface area contributed by atoms with Crippen LogP contribution >= 0.6 is 0 Å². The third-order valence-electron chi connectivity index (χ3n) is 4.62. The van der Waals surface area contributed by atoms with Crippen LogP contribution < -0.4 is 10.6 Å². The highest BCUT2D eigenvalue weighted by Crippen LogP contribution is 2.39. The zero-order valence-electron chi connectivity index (χ0n) is 14.1. The molecule has 2 aliphatic rings. The number of hydrogen-bond donors (Lipinski definition) is 3. The van der Waals surface area contributed by atoms with Crippen molar-refractivity contribution < 1.29 is 13.6 Å². The molecule has 3 N–H and O–H groups in total. The number of nitrogens with zero attached hydrogens (tertiary/aromatic N) is 2. The van der Waals surface area contributed by atoms with Crippen LogP contribution in [0, 0.1) is 0 Å². The summed E-state index contributed by atoms with van der Waals surface area (Å²) >= 11 is 0. The van der Waals surface area contributed by atoms with Crippen LogP contribution in [0.4, 0.5) is 14.6 Å². The van der Waals surface area contributed by atoms with Crippen molar-refractivity contribution in [1.29, 1.82) is 0 Å². The highest BCUT2D eigenvalue weighted by atomic mass is 19.3. The topological polar surface area (TPSA) is 82.7 Å². The van der Waals surface area contributed by atoms with Crippen LogP contribution in [-0.4, -0.2) is 34.2 Å². The van der Waals surface area contributed by atoms with Gasteiger partial charge >= 0.3 is 11.8 Å². The average molecular weight is 359 g/mol. The number of aromatic amines is 1. The summed E-state index contributed by atoms with van der Waals surface area (Å²) in [5.41, 5.74) is 2.03. The molecule has 1 fully saturated rings.